The summed E-state index contributed by atoms with van der Waals surface area (Å²) in [6.45, 7) is -0.278. The standard InChI is InChI=1S/C19H18N4O6/c1-22-11-12(13-4-2-3-5-15(13)22)10-14(18(25)20-8-9-24)21-19(26)16-6-7-17(29-16)23(27)28/h2-7,10-11,24H,8-9H2,1H3,(H,20,25)(H,21,26). The zero-order chi connectivity index (χ0) is 21.0. The van der Waals surface area contributed by atoms with E-state index in [0.717, 1.165) is 23.0 Å². The molecule has 0 aliphatic carbocycles. The third kappa shape index (κ3) is 4.33. The number of nitrogens with zero attached hydrogens (tertiary/aromatic N) is 2. The van der Waals surface area contributed by atoms with Crippen LogP contribution in [0.3, 0.4) is 0 Å². The van der Waals surface area contributed by atoms with E-state index in [1.54, 1.807) is 6.20 Å². The van der Waals surface area contributed by atoms with E-state index in [2.05, 4.69) is 10.6 Å². The highest BCUT2D eigenvalue weighted by Crippen LogP contribution is 2.22. The second-order valence-corrected chi connectivity index (χ2v) is 6.10. The molecule has 0 unspecified atom stereocenters. The Bertz CT molecular complexity index is 1110. The molecule has 3 aromatic rings. The van der Waals surface area contributed by atoms with E-state index in [4.69, 9.17) is 9.52 Å². The van der Waals surface area contributed by atoms with Crippen molar-refractivity contribution in [3.63, 3.8) is 0 Å². The number of hydrogen-bond donors (Lipinski definition) is 3. The van der Waals surface area contributed by atoms with Crippen molar-refractivity contribution in [1.29, 1.82) is 0 Å². The van der Waals surface area contributed by atoms with Crippen LogP contribution in [0.15, 0.2) is 52.7 Å². The van der Waals surface area contributed by atoms with Crippen LogP contribution in [-0.2, 0) is 11.8 Å². The number of fused-ring (bicyclic) bond motifs is 1. The summed E-state index contributed by atoms with van der Waals surface area (Å²) in [5, 5.41) is 25.4. The summed E-state index contributed by atoms with van der Waals surface area (Å²) in [6, 6.07) is 9.73. The van der Waals surface area contributed by atoms with Crippen LogP contribution in [0.25, 0.3) is 17.0 Å². The van der Waals surface area contributed by atoms with E-state index in [1.807, 2.05) is 35.9 Å². The van der Waals surface area contributed by atoms with E-state index in [-0.39, 0.29) is 24.6 Å². The molecule has 0 radical (unpaired) electrons. The molecule has 0 aliphatic rings. The fraction of sp³-hybridized carbons (Fsp3) is 0.158. The van der Waals surface area contributed by atoms with Gasteiger partial charge in [0.2, 0.25) is 0 Å². The maximum atomic E-state index is 12.5. The van der Waals surface area contributed by atoms with Gasteiger partial charge in [-0.05, 0) is 18.2 Å². The Labute approximate surface area is 164 Å². The number of amides is 2. The number of carbonyl (C=O) groups is 2. The Morgan fingerprint density at radius 2 is 2.03 bits per heavy atom. The van der Waals surface area contributed by atoms with Crippen LogP contribution < -0.4 is 10.6 Å². The molecule has 2 heterocycles. The number of nitrogens with one attached hydrogen (secondary N) is 2. The lowest BCUT2D eigenvalue weighted by atomic mass is 10.1. The van der Waals surface area contributed by atoms with Crippen molar-refractivity contribution in [3.05, 3.63) is 69.7 Å². The van der Waals surface area contributed by atoms with Crippen molar-refractivity contribution < 1.29 is 24.0 Å². The first-order chi connectivity index (χ1) is 13.9. The first kappa shape index (κ1) is 19.8. The van der Waals surface area contributed by atoms with Gasteiger partial charge >= 0.3 is 5.88 Å². The number of hydrogen-bond acceptors (Lipinski definition) is 6. The van der Waals surface area contributed by atoms with Gasteiger partial charge in [-0.15, -0.1) is 0 Å². The molecule has 0 fully saturated rings. The maximum Gasteiger partial charge on any atom is 0.433 e. The zero-order valence-corrected chi connectivity index (χ0v) is 15.4. The lowest BCUT2D eigenvalue weighted by molar-refractivity contribution is -0.402. The molecule has 0 bridgehead atoms. The first-order valence-corrected chi connectivity index (χ1v) is 8.61. The molecule has 0 aliphatic heterocycles. The molecule has 0 saturated heterocycles. The van der Waals surface area contributed by atoms with Crippen LogP contribution in [0.5, 0.6) is 0 Å². The highest BCUT2D eigenvalue weighted by atomic mass is 16.6. The van der Waals surface area contributed by atoms with Gasteiger partial charge < -0.3 is 24.7 Å². The molecule has 0 spiro atoms. The largest absolute Gasteiger partial charge is 0.433 e. The summed E-state index contributed by atoms with van der Waals surface area (Å²) in [7, 11) is 1.85. The Morgan fingerprint density at radius 1 is 1.28 bits per heavy atom. The van der Waals surface area contributed by atoms with Crippen LogP contribution in [0, 0.1) is 10.1 Å². The van der Waals surface area contributed by atoms with Gasteiger partial charge in [-0.3, -0.25) is 19.7 Å². The Hall–Kier alpha value is -3.92. The van der Waals surface area contributed by atoms with Crippen molar-refractivity contribution in [2.45, 2.75) is 0 Å². The molecule has 0 atom stereocenters. The predicted molar refractivity (Wildman–Crippen MR) is 104 cm³/mol. The lowest BCUT2D eigenvalue weighted by Gasteiger charge is -2.09. The second kappa shape index (κ2) is 8.40. The van der Waals surface area contributed by atoms with Crippen molar-refractivity contribution in [3.8, 4) is 0 Å². The second-order valence-electron chi connectivity index (χ2n) is 6.10. The van der Waals surface area contributed by atoms with Crippen LogP contribution in [-0.4, -0.2) is 39.6 Å². The minimum absolute atomic E-state index is 0.00615. The van der Waals surface area contributed by atoms with E-state index in [9.17, 15) is 19.7 Å². The molecule has 3 N–H and O–H groups in total. The smallest absolute Gasteiger partial charge is 0.395 e. The number of benzene rings is 1. The summed E-state index contributed by atoms with van der Waals surface area (Å²) in [6.07, 6.45) is 3.29. The Morgan fingerprint density at radius 3 is 2.72 bits per heavy atom. The quantitative estimate of drug-likeness (QED) is 0.313. The zero-order valence-electron chi connectivity index (χ0n) is 15.4. The molecule has 0 saturated carbocycles. The topological polar surface area (TPSA) is 140 Å². The molecule has 150 valence electrons. The number of aliphatic hydroxyl groups excluding tert-OH is 1. The highest BCUT2D eigenvalue weighted by molar-refractivity contribution is 6.06. The summed E-state index contributed by atoms with van der Waals surface area (Å²) in [4.78, 5) is 34.9. The number of aromatic nitrogens is 1. The van der Waals surface area contributed by atoms with Gasteiger partial charge in [0, 0.05) is 36.3 Å². The number of aryl methyl sites for hydroxylation is 1. The van der Waals surface area contributed by atoms with E-state index in [1.165, 1.54) is 6.08 Å². The fourth-order valence-electron chi connectivity index (χ4n) is 2.80. The van der Waals surface area contributed by atoms with E-state index < -0.39 is 22.6 Å². The Kier molecular flexibility index (Phi) is 5.74. The van der Waals surface area contributed by atoms with Gasteiger partial charge in [0.1, 0.15) is 10.6 Å². The third-order valence-electron chi connectivity index (χ3n) is 4.11. The summed E-state index contributed by atoms with van der Waals surface area (Å²) >= 11 is 0. The number of para-hydroxylation sites is 1. The van der Waals surface area contributed by atoms with E-state index >= 15 is 0 Å². The highest BCUT2D eigenvalue weighted by Gasteiger charge is 2.20. The number of nitro groups is 1. The minimum atomic E-state index is -0.816. The SMILES string of the molecule is Cn1cc(C=C(NC(=O)c2ccc([N+](=O)[O-])o2)C(=O)NCCO)c2ccccc21. The summed E-state index contributed by atoms with van der Waals surface area (Å²) in [5.41, 5.74) is 1.52. The number of carbonyl (C=O) groups excluding carboxylic acids is 2. The van der Waals surface area contributed by atoms with Gasteiger partial charge in [-0.2, -0.15) is 0 Å². The lowest BCUT2D eigenvalue weighted by Crippen LogP contribution is -2.36. The van der Waals surface area contributed by atoms with Gasteiger partial charge in [0.15, 0.2) is 5.76 Å². The van der Waals surface area contributed by atoms with Gasteiger partial charge in [-0.1, -0.05) is 18.2 Å². The Balaban J connectivity index is 1.95. The number of aliphatic hydroxyl groups is 1. The minimum Gasteiger partial charge on any atom is -0.395 e. The van der Waals surface area contributed by atoms with Crippen molar-refractivity contribution >= 4 is 34.7 Å². The maximum absolute atomic E-state index is 12.5. The average molecular weight is 398 g/mol. The van der Waals surface area contributed by atoms with Crippen LogP contribution in [0.1, 0.15) is 16.1 Å². The molecule has 3 rings (SSSR count). The first-order valence-electron chi connectivity index (χ1n) is 8.61. The normalized spacial score (nSPS) is 11.4. The van der Waals surface area contributed by atoms with Crippen LogP contribution in [0.4, 0.5) is 5.88 Å². The van der Waals surface area contributed by atoms with Gasteiger partial charge in [-0.25, -0.2) is 0 Å². The average Bonchev–Trinajstić information content (AvgIpc) is 3.32. The molecule has 2 aromatic heterocycles. The molecule has 2 amide bonds. The van der Waals surface area contributed by atoms with Gasteiger partial charge in [0.25, 0.3) is 11.8 Å². The van der Waals surface area contributed by atoms with E-state index in [0.29, 0.717) is 5.56 Å². The van der Waals surface area contributed by atoms with Gasteiger partial charge in [0.05, 0.1) is 12.7 Å². The molecule has 1 aromatic carbocycles. The summed E-state index contributed by atoms with van der Waals surface area (Å²) in [5.74, 6) is -2.33. The van der Waals surface area contributed by atoms with Crippen LogP contribution >= 0.6 is 0 Å². The number of furan rings is 1. The van der Waals surface area contributed by atoms with Crippen molar-refractivity contribution in [2.75, 3.05) is 13.2 Å². The number of rotatable bonds is 7. The van der Waals surface area contributed by atoms with Crippen LogP contribution in [0.2, 0.25) is 0 Å². The predicted octanol–water partition coefficient (Wildman–Crippen LogP) is 1.56. The molecule has 10 heteroatoms. The molecule has 10 nitrogen and oxygen atoms in total. The molecule has 29 heavy (non-hydrogen) atoms. The fourth-order valence-corrected chi connectivity index (χ4v) is 2.80. The van der Waals surface area contributed by atoms with Crippen molar-refractivity contribution in [2.24, 2.45) is 7.05 Å². The molecular formula is C19H18N4O6. The molecular weight excluding hydrogens is 380 g/mol. The third-order valence-corrected chi connectivity index (χ3v) is 4.11. The summed E-state index contributed by atoms with van der Waals surface area (Å²) < 4.78 is 6.76. The monoisotopic (exact) mass is 398 g/mol. The van der Waals surface area contributed by atoms with Crippen molar-refractivity contribution in [1.82, 2.24) is 15.2 Å².